The number of rotatable bonds is 1. The van der Waals surface area contributed by atoms with Crippen LogP contribution in [0.1, 0.15) is 5.76 Å². The van der Waals surface area contributed by atoms with Gasteiger partial charge >= 0.3 is 0 Å². The number of aromatic nitrogens is 2. The highest BCUT2D eigenvalue weighted by atomic mass is 19.1. The van der Waals surface area contributed by atoms with E-state index in [1.54, 1.807) is 6.92 Å². The first kappa shape index (κ1) is 8.80. The molecule has 2 aromatic rings. The van der Waals surface area contributed by atoms with Crippen molar-refractivity contribution >= 4 is 0 Å². The van der Waals surface area contributed by atoms with Crippen LogP contribution in [0.2, 0.25) is 0 Å². The fraction of sp³-hybridized carbons (Fsp3) is 0.111. The van der Waals surface area contributed by atoms with Crippen molar-refractivity contribution in [3.63, 3.8) is 0 Å². The second-order valence-corrected chi connectivity index (χ2v) is 2.70. The van der Waals surface area contributed by atoms with Crippen molar-refractivity contribution in [2.45, 2.75) is 6.92 Å². The average molecular weight is 195 g/mol. The molecule has 71 valence electrons. The van der Waals surface area contributed by atoms with E-state index in [1.165, 1.54) is 0 Å². The molecule has 0 amide bonds. The molecule has 5 heteroatoms. The van der Waals surface area contributed by atoms with Crippen LogP contribution in [0, 0.1) is 24.6 Å². The summed E-state index contributed by atoms with van der Waals surface area (Å²) < 4.78 is 30.4. The van der Waals surface area contributed by atoms with E-state index in [0.29, 0.717) is 5.76 Å². The van der Waals surface area contributed by atoms with Crippen LogP contribution >= 0.6 is 0 Å². The molecule has 0 atom stereocenters. The number of pyridine rings is 1. The van der Waals surface area contributed by atoms with Gasteiger partial charge in [-0.25, -0.2) is 13.8 Å². The Hall–Kier alpha value is -1.78. The standard InChI is InChI=1S/C9H5F2N2O/c1-5-2-8(13-14-5)9-7(11)3-6(10)4-12-9/h3-4H,1H3. The number of hydrogen-bond acceptors (Lipinski definition) is 3. The maximum atomic E-state index is 13.1. The minimum Gasteiger partial charge on any atom is -0.360 e. The van der Waals surface area contributed by atoms with Gasteiger partial charge in [0.2, 0.25) is 0 Å². The molecule has 1 radical (unpaired) electrons. The van der Waals surface area contributed by atoms with Gasteiger partial charge < -0.3 is 4.52 Å². The van der Waals surface area contributed by atoms with Crippen LogP contribution in [0.25, 0.3) is 11.4 Å². The summed E-state index contributed by atoms with van der Waals surface area (Å²) in [6.45, 7) is 1.62. The van der Waals surface area contributed by atoms with Gasteiger partial charge in [0.1, 0.15) is 23.0 Å². The zero-order chi connectivity index (χ0) is 10.1. The Labute approximate surface area is 78.4 Å². The molecular weight excluding hydrogens is 190 g/mol. The summed E-state index contributed by atoms with van der Waals surface area (Å²) >= 11 is 0. The lowest BCUT2D eigenvalue weighted by molar-refractivity contribution is 0.398. The molecule has 14 heavy (non-hydrogen) atoms. The lowest BCUT2D eigenvalue weighted by Crippen LogP contribution is -1.90. The van der Waals surface area contributed by atoms with E-state index >= 15 is 0 Å². The Morgan fingerprint density at radius 2 is 2.21 bits per heavy atom. The predicted molar refractivity (Wildman–Crippen MR) is 43.2 cm³/mol. The maximum Gasteiger partial charge on any atom is 0.154 e. The van der Waals surface area contributed by atoms with Crippen molar-refractivity contribution in [1.29, 1.82) is 0 Å². The topological polar surface area (TPSA) is 38.9 Å². The van der Waals surface area contributed by atoms with Crippen molar-refractivity contribution in [1.82, 2.24) is 10.1 Å². The zero-order valence-corrected chi connectivity index (χ0v) is 7.21. The van der Waals surface area contributed by atoms with E-state index in [-0.39, 0.29) is 11.4 Å². The van der Waals surface area contributed by atoms with Crippen LogP contribution in [0.15, 0.2) is 16.8 Å². The number of aryl methyl sites for hydroxylation is 1. The largest absolute Gasteiger partial charge is 0.360 e. The van der Waals surface area contributed by atoms with E-state index in [0.717, 1.165) is 12.3 Å². The first-order valence-corrected chi connectivity index (χ1v) is 3.84. The van der Waals surface area contributed by atoms with E-state index in [2.05, 4.69) is 16.2 Å². The predicted octanol–water partition coefficient (Wildman–Crippen LogP) is 2.12. The van der Waals surface area contributed by atoms with Crippen LogP contribution in [0.4, 0.5) is 8.78 Å². The van der Waals surface area contributed by atoms with E-state index in [9.17, 15) is 8.78 Å². The van der Waals surface area contributed by atoms with Crippen molar-refractivity contribution in [3.05, 3.63) is 35.7 Å². The third-order valence-electron chi connectivity index (χ3n) is 1.60. The summed E-state index contributed by atoms with van der Waals surface area (Å²) in [6, 6.07) is 3.39. The molecule has 0 aliphatic carbocycles. The maximum absolute atomic E-state index is 13.1. The smallest absolute Gasteiger partial charge is 0.154 e. The Morgan fingerprint density at radius 1 is 1.43 bits per heavy atom. The summed E-state index contributed by atoms with van der Waals surface area (Å²) in [5, 5.41) is 3.52. The Balaban J connectivity index is 2.52. The van der Waals surface area contributed by atoms with E-state index in [4.69, 9.17) is 4.52 Å². The summed E-state index contributed by atoms with van der Waals surface area (Å²) in [5.41, 5.74) is 0.0725. The van der Waals surface area contributed by atoms with Crippen LogP contribution in [-0.2, 0) is 0 Å². The molecule has 0 saturated heterocycles. The van der Waals surface area contributed by atoms with Crippen LogP contribution < -0.4 is 0 Å². The molecule has 3 nitrogen and oxygen atoms in total. The second kappa shape index (κ2) is 3.17. The molecule has 0 unspecified atom stereocenters. The molecule has 0 N–H and O–H groups in total. The van der Waals surface area contributed by atoms with Gasteiger partial charge in [-0.1, -0.05) is 5.16 Å². The number of nitrogens with zero attached hydrogens (tertiary/aromatic N) is 2. The zero-order valence-electron chi connectivity index (χ0n) is 7.21. The normalized spacial score (nSPS) is 10.5. The minimum atomic E-state index is -0.783. The first-order chi connectivity index (χ1) is 6.66. The Kier molecular flexibility index (Phi) is 1.99. The van der Waals surface area contributed by atoms with Crippen molar-refractivity contribution < 1.29 is 13.3 Å². The fourth-order valence-corrected chi connectivity index (χ4v) is 1.02. The highest BCUT2D eigenvalue weighted by Gasteiger charge is 2.12. The van der Waals surface area contributed by atoms with Gasteiger partial charge in [-0.3, -0.25) is 0 Å². The van der Waals surface area contributed by atoms with Crippen molar-refractivity contribution in [2.24, 2.45) is 0 Å². The summed E-state index contributed by atoms with van der Waals surface area (Å²) in [5.74, 6) is -1.09. The van der Waals surface area contributed by atoms with Gasteiger partial charge in [0.15, 0.2) is 5.82 Å². The molecule has 0 aromatic carbocycles. The molecule has 2 heterocycles. The molecule has 0 spiro atoms. The fourth-order valence-electron chi connectivity index (χ4n) is 1.02. The summed E-state index contributed by atoms with van der Waals surface area (Å²) in [4.78, 5) is 3.56. The van der Waals surface area contributed by atoms with Crippen LogP contribution in [-0.4, -0.2) is 10.1 Å². The van der Waals surface area contributed by atoms with Gasteiger partial charge in [-0.2, -0.15) is 0 Å². The lowest BCUT2D eigenvalue weighted by atomic mass is 10.2. The molecule has 0 aliphatic rings. The average Bonchev–Trinajstić information content (AvgIpc) is 2.51. The molecule has 2 aromatic heterocycles. The number of hydrogen-bond donors (Lipinski definition) is 0. The van der Waals surface area contributed by atoms with Gasteiger partial charge in [0.05, 0.1) is 12.3 Å². The van der Waals surface area contributed by atoms with Crippen LogP contribution in [0.5, 0.6) is 0 Å². The molecule has 0 saturated carbocycles. The van der Waals surface area contributed by atoms with Gasteiger partial charge in [-0.15, -0.1) is 0 Å². The van der Waals surface area contributed by atoms with Gasteiger partial charge in [0, 0.05) is 6.07 Å². The third-order valence-corrected chi connectivity index (χ3v) is 1.60. The highest BCUT2D eigenvalue weighted by molar-refractivity contribution is 5.53. The molecule has 2 rings (SSSR count). The SMILES string of the molecule is Cc1[c]c(-c2ncc(F)cc2F)no1. The van der Waals surface area contributed by atoms with Crippen LogP contribution in [0.3, 0.4) is 0 Å². The van der Waals surface area contributed by atoms with E-state index in [1.807, 2.05) is 0 Å². The molecule has 0 bridgehead atoms. The third kappa shape index (κ3) is 1.48. The van der Waals surface area contributed by atoms with Crippen molar-refractivity contribution in [2.75, 3.05) is 0 Å². The summed E-state index contributed by atoms with van der Waals surface area (Å²) in [6.07, 6.45) is 0.913. The quantitative estimate of drug-likeness (QED) is 0.699. The minimum absolute atomic E-state index is 0.0664. The van der Waals surface area contributed by atoms with Gasteiger partial charge in [-0.05, 0) is 6.92 Å². The Morgan fingerprint density at radius 3 is 2.79 bits per heavy atom. The van der Waals surface area contributed by atoms with E-state index < -0.39 is 11.6 Å². The lowest BCUT2D eigenvalue weighted by Gasteiger charge is -1.95. The first-order valence-electron chi connectivity index (χ1n) is 3.84. The second-order valence-electron chi connectivity index (χ2n) is 2.70. The Bertz CT molecular complexity index is 468. The van der Waals surface area contributed by atoms with Gasteiger partial charge in [0.25, 0.3) is 0 Å². The highest BCUT2D eigenvalue weighted by Crippen LogP contribution is 2.19. The number of halogens is 2. The van der Waals surface area contributed by atoms with Crippen molar-refractivity contribution in [3.8, 4) is 11.4 Å². The molecule has 0 aliphatic heterocycles. The summed E-state index contributed by atoms with van der Waals surface area (Å²) in [7, 11) is 0. The monoisotopic (exact) mass is 195 g/mol. The molecule has 0 fully saturated rings. The molecular formula is C9H5F2N2O.